The molecule has 0 aliphatic heterocycles. The van der Waals surface area contributed by atoms with Gasteiger partial charge in [-0.2, -0.15) is 0 Å². The number of alkyl halides is 1. The molecule has 4 heteroatoms. The number of benzene rings is 1. The maximum atomic E-state index is 11.0. The van der Waals surface area contributed by atoms with Gasteiger partial charge in [0.05, 0.1) is 16.5 Å². The van der Waals surface area contributed by atoms with E-state index in [0.717, 1.165) is 0 Å². The minimum Gasteiger partial charge on any atom is -0.506 e. The van der Waals surface area contributed by atoms with E-state index < -0.39 is 0 Å². The molecule has 0 heterocycles. The molecule has 0 unspecified atom stereocenters. The van der Waals surface area contributed by atoms with Gasteiger partial charge in [-0.05, 0) is 12.1 Å². The SMILES string of the molecule is O=C(CCl)c1cccc(Cl)c1O. The average molecular weight is 205 g/mol. The standard InChI is InChI=1S/C8H6Cl2O2/c9-4-7(11)5-2-1-3-6(10)8(5)12/h1-3,12H,4H2. The number of rotatable bonds is 2. The number of hydrogen-bond acceptors (Lipinski definition) is 2. The molecular formula is C8H6Cl2O2. The Balaban J connectivity index is 3.16. The predicted molar refractivity (Wildman–Crippen MR) is 48.2 cm³/mol. The molecule has 0 atom stereocenters. The van der Waals surface area contributed by atoms with Gasteiger partial charge in [0.2, 0.25) is 0 Å². The van der Waals surface area contributed by atoms with Gasteiger partial charge in [0.25, 0.3) is 0 Å². The van der Waals surface area contributed by atoms with Gasteiger partial charge in [-0.25, -0.2) is 0 Å². The van der Waals surface area contributed by atoms with Crippen LogP contribution in [0.2, 0.25) is 5.02 Å². The van der Waals surface area contributed by atoms with E-state index in [1.54, 1.807) is 6.07 Å². The van der Waals surface area contributed by atoms with Crippen molar-refractivity contribution >= 4 is 29.0 Å². The molecule has 0 fully saturated rings. The highest BCUT2D eigenvalue weighted by molar-refractivity contribution is 6.34. The monoisotopic (exact) mass is 204 g/mol. The number of phenols is 1. The van der Waals surface area contributed by atoms with E-state index in [1.165, 1.54) is 12.1 Å². The van der Waals surface area contributed by atoms with Gasteiger partial charge in [-0.1, -0.05) is 17.7 Å². The summed E-state index contributed by atoms with van der Waals surface area (Å²) in [5.41, 5.74) is 0.164. The summed E-state index contributed by atoms with van der Waals surface area (Å²) >= 11 is 10.9. The number of carbonyl (C=O) groups excluding carboxylic acids is 1. The quantitative estimate of drug-likeness (QED) is 0.594. The summed E-state index contributed by atoms with van der Waals surface area (Å²) < 4.78 is 0. The number of halogens is 2. The Morgan fingerprint density at radius 3 is 2.75 bits per heavy atom. The van der Waals surface area contributed by atoms with Crippen molar-refractivity contribution in [3.8, 4) is 5.75 Å². The highest BCUT2D eigenvalue weighted by Crippen LogP contribution is 2.27. The predicted octanol–water partition coefficient (Wildman–Crippen LogP) is 2.47. The molecule has 0 bridgehead atoms. The first-order chi connectivity index (χ1) is 5.66. The molecular weight excluding hydrogens is 199 g/mol. The molecule has 0 aromatic heterocycles. The second kappa shape index (κ2) is 3.78. The van der Waals surface area contributed by atoms with E-state index in [9.17, 15) is 9.90 Å². The normalized spacial score (nSPS) is 9.83. The van der Waals surface area contributed by atoms with Crippen LogP contribution in [0.5, 0.6) is 5.75 Å². The van der Waals surface area contributed by atoms with Crippen LogP contribution in [-0.2, 0) is 0 Å². The number of ketones is 1. The number of aromatic hydroxyl groups is 1. The second-order valence-electron chi connectivity index (χ2n) is 2.19. The second-order valence-corrected chi connectivity index (χ2v) is 2.87. The first kappa shape index (κ1) is 9.36. The van der Waals surface area contributed by atoms with E-state index in [1.807, 2.05) is 0 Å². The van der Waals surface area contributed by atoms with E-state index >= 15 is 0 Å². The van der Waals surface area contributed by atoms with E-state index in [4.69, 9.17) is 23.2 Å². The Morgan fingerprint density at radius 1 is 1.50 bits per heavy atom. The van der Waals surface area contributed by atoms with Crippen LogP contribution in [0.4, 0.5) is 0 Å². The summed E-state index contributed by atoms with van der Waals surface area (Å²) in [4.78, 5) is 11.0. The summed E-state index contributed by atoms with van der Waals surface area (Å²) in [6, 6.07) is 4.57. The molecule has 0 saturated heterocycles. The lowest BCUT2D eigenvalue weighted by Crippen LogP contribution is -2.00. The number of Topliss-reactive ketones (excluding diaryl/α,β-unsaturated/α-hetero) is 1. The average Bonchev–Trinajstić information content (AvgIpc) is 2.08. The Bertz CT molecular complexity index is 310. The number of carbonyl (C=O) groups is 1. The molecule has 2 nitrogen and oxygen atoms in total. The molecule has 1 N–H and O–H groups in total. The highest BCUT2D eigenvalue weighted by Gasteiger charge is 2.11. The lowest BCUT2D eigenvalue weighted by molar-refractivity contribution is 0.101. The summed E-state index contributed by atoms with van der Waals surface area (Å²) in [6.07, 6.45) is 0. The van der Waals surface area contributed by atoms with Crippen molar-refractivity contribution in [2.24, 2.45) is 0 Å². The van der Waals surface area contributed by atoms with Crippen LogP contribution < -0.4 is 0 Å². The third-order valence-electron chi connectivity index (χ3n) is 1.41. The van der Waals surface area contributed by atoms with Crippen molar-refractivity contribution in [2.45, 2.75) is 0 Å². The maximum absolute atomic E-state index is 11.0. The summed E-state index contributed by atoms with van der Waals surface area (Å²) in [7, 11) is 0. The van der Waals surface area contributed by atoms with Gasteiger partial charge in [0.1, 0.15) is 5.75 Å². The first-order valence-electron chi connectivity index (χ1n) is 3.23. The number of phenolic OH excluding ortho intramolecular Hbond substituents is 1. The van der Waals surface area contributed by atoms with Crippen LogP contribution in [0.15, 0.2) is 18.2 Å². The zero-order valence-electron chi connectivity index (χ0n) is 6.05. The molecule has 12 heavy (non-hydrogen) atoms. The Labute approximate surface area is 79.7 Å². The van der Waals surface area contributed by atoms with Crippen LogP contribution in [0.1, 0.15) is 10.4 Å². The van der Waals surface area contributed by atoms with Crippen LogP contribution in [0.3, 0.4) is 0 Å². The zero-order chi connectivity index (χ0) is 9.14. The van der Waals surface area contributed by atoms with Crippen LogP contribution >= 0.6 is 23.2 Å². The minimum atomic E-state index is -0.336. The largest absolute Gasteiger partial charge is 0.506 e. The zero-order valence-corrected chi connectivity index (χ0v) is 7.56. The van der Waals surface area contributed by atoms with Gasteiger partial charge in [-0.3, -0.25) is 4.79 Å². The van der Waals surface area contributed by atoms with E-state index in [0.29, 0.717) is 0 Å². The Morgan fingerprint density at radius 2 is 2.17 bits per heavy atom. The molecule has 0 spiro atoms. The molecule has 1 aromatic rings. The van der Waals surface area contributed by atoms with Crippen molar-refractivity contribution in [3.63, 3.8) is 0 Å². The number of hydrogen-bond donors (Lipinski definition) is 1. The molecule has 0 saturated carbocycles. The van der Waals surface area contributed by atoms with Gasteiger partial charge < -0.3 is 5.11 Å². The Kier molecular flexibility index (Phi) is 2.95. The molecule has 1 rings (SSSR count). The summed E-state index contributed by atoms with van der Waals surface area (Å²) in [6.45, 7) is 0. The molecule has 0 aliphatic carbocycles. The van der Waals surface area contributed by atoms with Crippen molar-refractivity contribution in [3.05, 3.63) is 28.8 Å². The van der Waals surface area contributed by atoms with E-state index in [2.05, 4.69) is 0 Å². The van der Waals surface area contributed by atoms with Gasteiger partial charge in [0, 0.05) is 0 Å². The van der Waals surface area contributed by atoms with Crippen LogP contribution in [-0.4, -0.2) is 16.8 Å². The highest BCUT2D eigenvalue weighted by atomic mass is 35.5. The van der Waals surface area contributed by atoms with Gasteiger partial charge in [-0.15, -0.1) is 11.6 Å². The maximum Gasteiger partial charge on any atom is 0.181 e. The first-order valence-corrected chi connectivity index (χ1v) is 4.14. The number of para-hydroxylation sites is 1. The van der Waals surface area contributed by atoms with Crippen molar-refractivity contribution in [1.82, 2.24) is 0 Å². The lowest BCUT2D eigenvalue weighted by Gasteiger charge is -2.01. The smallest absolute Gasteiger partial charge is 0.181 e. The van der Waals surface area contributed by atoms with Crippen LogP contribution in [0.25, 0.3) is 0 Å². The molecule has 1 aromatic carbocycles. The molecule has 64 valence electrons. The van der Waals surface area contributed by atoms with Crippen molar-refractivity contribution in [2.75, 3.05) is 5.88 Å². The lowest BCUT2D eigenvalue weighted by atomic mass is 10.1. The van der Waals surface area contributed by atoms with Crippen LogP contribution in [0, 0.1) is 0 Å². The van der Waals surface area contributed by atoms with Crippen molar-refractivity contribution in [1.29, 1.82) is 0 Å². The topological polar surface area (TPSA) is 37.3 Å². The van der Waals surface area contributed by atoms with Crippen molar-refractivity contribution < 1.29 is 9.90 Å². The van der Waals surface area contributed by atoms with E-state index in [-0.39, 0.29) is 28.0 Å². The third-order valence-corrected chi connectivity index (χ3v) is 1.96. The molecule has 0 radical (unpaired) electrons. The summed E-state index contributed by atoms with van der Waals surface area (Å²) in [5.74, 6) is -0.699. The van der Waals surface area contributed by atoms with Gasteiger partial charge in [0.15, 0.2) is 5.78 Å². The summed E-state index contributed by atoms with van der Waals surface area (Å²) in [5, 5.41) is 9.45. The fourth-order valence-corrected chi connectivity index (χ4v) is 1.13. The molecule has 0 amide bonds. The Hall–Kier alpha value is -0.730. The minimum absolute atomic E-state index is 0.158. The third kappa shape index (κ3) is 1.71. The van der Waals surface area contributed by atoms with Gasteiger partial charge >= 0.3 is 0 Å². The fraction of sp³-hybridized carbons (Fsp3) is 0.125. The fourth-order valence-electron chi connectivity index (χ4n) is 0.812. The molecule has 0 aliphatic rings.